The predicted octanol–water partition coefficient (Wildman–Crippen LogP) is 1.73. The fraction of sp³-hybridized carbons (Fsp3) is 0.412. The average Bonchev–Trinajstić information content (AvgIpc) is 2.76. The summed E-state index contributed by atoms with van der Waals surface area (Å²) in [5.74, 6) is -0.251. The summed E-state index contributed by atoms with van der Waals surface area (Å²) in [7, 11) is -0.578. The molecule has 1 saturated heterocycles. The molecular formula is C17H21BN4O3. The van der Waals surface area contributed by atoms with Crippen molar-refractivity contribution in [3.63, 3.8) is 0 Å². The minimum absolute atomic E-state index is 0.251. The highest BCUT2D eigenvalue weighted by Crippen LogP contribution is 2.36. The van der Waals surface area contributed by atoms with E-state index in [4.69, 9.17) is 9.31 Å². The molecular weight excluding hydrogens is 319 g/mol. The van der Waals surface area contributed by atoms with Gasteiger partial charge in [-0.1, -0.05) is 0 Å². The molecule has 0 spiro atoms. The van der Waals surface area contributed by atoms with E-state index in [1.165, 1.54) is 6.20 Å². The van der Waals surface area contributed by atoms with Crippen LogP contribution >= 0.6 is 0 Å². The smallest absolute Gasteiger partial charge is 0.398 e. The minimum atomic E-state index is -0.578. The van der Waals surface area contributed by atoms with Crippen LogP contribution in [-0.2, 0) is 9.31 Å². The van der Waals surface area contributed by atoms with E-state index >= 15 is 0 Å². The quantitative estimate of drug-likeness (QED) is 0.857. The first-order valence-corrected chi connectivity index (χ1v) is 8.11. The van der Waals surface area contributed by atoms with Gasteiger partial charge in [-0.25, -0.2) is 0 Å². The van der Waals surface area contributed by atoms with Crippen LogP contribution in [0.15, 0.2) is 30.6 Å². The van der Waals surface area contributed by atoms with Gasteiger partial charge in [-0.05, 0) is 52.8 Å². The highest BCUT2D eigenvalue weighted by molar-refractivity contribution is 6.61. The fourth-order valence-electron chi connectivity index (χ4n) is 2.46. The van der Waals surface area contributed by atoms with Crippen molar-refractivity contribution < 1.29 is 14.1 Å². The molecule has 0 radical (unpaired) electrons. The lowest BCUT2D eigenvalue weighted by Crippen LogP contribution is -2.41. The van der Waals surface area contributed by atoms with Crippen molar-refractivity contribution >= 4 is 24.3 Å². The maximum atomic E-state index is 12.4. The molecule has 1 fully saturated rings. The summed E-state index contributed by atoms with van der Waals surface area (Å²) in [5, 5.41) is 10.5. The zero-order chi connectivity index (χ0) is 18.2. The second-order valence-corrected chi connectivity index (χ2v) is 7.04. The van der Waals surface area contributed by atoms with Crippen molar-refractivity contribution in [2.45, 2.75) is 45.8 Å². The molecule has 7 nitrogen and oxygen atoms in total. The van der Waals surface area contributed by atoms with Gasteiger partial charge in [0.1, 0.15) is 0 Å². The van der Waals surface area contributed by atoms with Crippen molar-refractivity contribution in [1.29, 1.82) is 0 Å². The highest BCUT2D eigenvalue weighted by atomic mass is 16.7. The summed E-state index contributed by atoms with van der Waals surface area (Å²) in [6.45, 7) is 9.68. The topological polar surface area (TPSA) is 86.2 Å². The molecule has 1 N–H and O–H groups in total. The Labute approximate surface area is 147 Å². The van der Waals surface area contributed by atoms with Gasteiger partial charge < -0.3 is 14.6 Å². The number of nitrogens with one attached hydrogen (secondary N) is 1. The molecule has 0 aromatic carbocycles. The number of aromatic nitrogens is 3. The number of pyridine rings is 1. The molecule has 1 amide bonds. The van der Waals surface area contributed by atoms with Crippen LogP contribution in [0.1, 0.15) is 43.7 Å². The zero-order valence-corrected chi connectivity index (χ0v) is 15.0. The van der Waals surface area contributed by atoms with E-state index in [-0.39, 0.29) is 5.91 Å². The summed E-state index contributed by atoms with van der Waals surface area (Å²) in [6.07, 6.45) is 3.11. The van der Waals surface area contributed by atoms with Crippen LogP contribution in [0.4, 0.5) is 5.69 Å². The van der Waals surface area contributed by atoms with E-state index in [0.29, 0.717) is 22.5 Å². The Bertz CT molecular complexity index is 794. The SMILES string of the molecule is Cc1nnccc1C(=O)Nc1ccnc(B2OC(C)(C)C(C)(C)O2)c1. The third kappa shape index (κ3) is 3.40. The van der Waals surface area contributed by atoms with Crippen molar-refractivity contribution in [2.75, 3.05) is 5.32 Å². The largest absolute Gasteiger partial charge is 0.514 e. The monoisotopic (exact) mass is 340 g/mol. The van der Waals surface area contributed by atoms with Crippen LogP contribution in [0, 0.1) is 6.92 Å². The maximum absolute atomic E-state index is 12.4. The van der Waals surface area contributed by atoms with Gasteiger partial charge in [-0.3, -0.25) is 9.78 Å². The molecule has 3 rings (SSSR count). The molecule has 0 saturated carbocycles. The Morgan fingerprint density at radius 3 is 2.44 bits per heavy atom. The van der Waals surface area contributed by atoms with Crippen LogP contribution < -0.4 is 10.9 Å². The van der Waals surface area contributed by atoms with Crippen LogP contribution in [0.2, 0.25) is 0 Å². The number of amides is 1. The lowest BCUT2D eigenvalue weighted by molar-refractivity contribution is 0.00578. The second kappa shape index (κ2) is 6.20. The van der Waals surface area contributed by atoms with Crippen molar-refractivity contribution in [3.8, 4) is 0 Å². The van der Waals surface area contributed by atoms with Crippen LogP contribution in [0.3, 0.4) is 0 Å². The molecule has 1 aliphatic heterocycles. The van der Waals surface area contributed by atoms with Crippen molar-refractivity contribution in [2.24, 2.45) is 0 Å². The lowest BCUT2D eigenvalue weighted by Gasteiger charge is -2.32. The molecule has 0 unspecified atom stereocenters. The van der Waals surface area contributed by atoms with Gasteiger partial charge in [0.25, 0.3) is 5.91 Å². The summed E-state index contributed by atoms with van der Waals surface area (Å²) in [5.41, 5.74) is 1.38. The number of nitrogens with zero attached hydrogens (tertiary/aromatic N) is 3. The third-order valence-corrected chi connectivity index (χ3v) is 4.68. The van der Waals surface area contributed by atoms with Gasteiger partial charge in [0, 0.05) is 11.9 Å². The molecule has 8 heteroatoms. The highest BCUT2D eigenvalue weighted by Gasteiger charge is 2.52. The fourth-order valence-corrected chi connectivity index (χ4v) is 2.46. The Morgan fingerprint density at radius 2 is 1.80 bits per heavy atom. The number of carbonyl (C=O) groups is 1. The van der Waals surface area contributed by atoms with Crippen molar-refractivity contribution in [1.82, 2.24) is 15.2 Å². The van der Waals surface area contributed by atoms with Gasteiger partial charge in [0.2, 0.25) is 0 Å². The molecule has 130 valence electrons. The van der Waals surface area contributed by atoms with Gasteiger partial charge in [-0.15, -0.1) is 0 Å². The first-order valence-electron chi connectivity index (χ1n) is 8.11. The summed E-state index contributed by atoms with van der Waals surface area (Å²) >= 11 is 0. The zero-order valence-electron chi connectivity index (χ0n) is 15.0. The predicted molar refractivity (Wildman–Crippen MR) is 94.7 cm³/mol. The molecule has 0 atom stereocenters. The average molecular weight is 340 g/mol. The van der Waals surface area contributed by atoms with E-state index in [1.54, 1.807) is 31.3 Å². The van der Waals surface area contributed by atoms with Crippen LogP contribution in [0.25, 0.3) is 0 Å². The van der Waals surface area contributed by atoms with E-state index in [9.17, 15) is 4.79 Å². The van der Waals surface area contributed by atoms with Crippen molar-refractivity contribution in [3.05, 3.63) is 41.9 Å². The van der Waals surface area contributed by atoms with Gasteiger partial charge in [0.15, 0.2) is 0 Å². The Balaban J connectivity index is 1.79. The molecule has 0 aliphatic carbocycles. The molecule has 0 bridgehead atoms. The Hall–Kier alpha value is -2.32. The molecule has 2 aromatic heterocycles. The molecule has 25 heavy (non-hydrogen) atoms. The number of anilines is 1. The molecule has 1 aliphatic rings. The summed E-state index contributed by atoms with van der Waals surface area (Å²) < 4.78 is 12.0. The number of hydrogen-bond donors (Lipinski definition) is 1. The number of aryl methyl sites for hydroxylation is 1. The Kier molecular flexibility index (Phi) is 4.34. The standard InChI is InChI=1S/C17H21BN4O3/c1-11-13(7-9-20-22-11)15(23)21-12-6-8-19-14(10-12)18-24-16(2,3)17(4,5)25-18/h6-10H,1-5H3,(H,19,21,23). The molecule has 3 heterocycles. The third-order valence-electron chi connectivity index (χ3n) is 4.68. The molecule has 2 aromatic rings. The number of carbonyl (C=O) groups excluding carboxylic acids is 1. The normalized spacial score (nSPS) is 18.2. The Morgan fingerprint density at radius 1 is 1.12 bits per heavy atom. The van der Waals surface area contributed by atoms with E-state index < -0.39 is 18.3 Å². The summed E-state index contributed by atoms with van der Waals surface area (Å²) in [4.78, 5) is 16.7. The second-order valence-electron chi connectivity index (χ2n) is 7.04. The lowest BCUT2D eigenvalue weighted by atomic mass is 9.84. The first-order chi connectivity index (χ1) is 11.7. The summed E-state index contributed by atoms with van der Waals surface area (Å²) in [6, 6.07) is 5.11. The van der Waals surface area contributed by atoms with Crippen LogP contribution in [0.5, 0.6) is 0 Å². The van der Waals surface area contributed by atoms with Gasteiger partial charge >= 0.3 is 7.12 Å². The van der Waals surface area contributed by atoms with Gasteiger partial charge in [-0.2, -0.15) is 10.2 Å². The first kappa shape index (κ1) is 17.5. The van der Waals surface area contributed by atoms with E-state index in [1.807, 2.05) is 27.7 Å². The number of hydrogen-bond acceptors (Lipinski definition) is 6. The van der Waals surface area contributed by atoms with Gasteiger partial charge in [0.05, 0.1) is 34.2 Å². The maximum Gasteiger partial charge on any atom is 0.514 e. The minimum Gasteiger partial charge on any atom is -0.398 e. The van der Waals surface area contributed by atoms with E-state index in [2.05, 4.69) is 20.5 Å². The van der Waals surface area contributed by atoms with Crippen LogP contribution in [-0.4, -0.2) is 39.4 Å². The van der Waals surface area contributed by atoms with E-state index in [0.717, 1.165) is 0 Å². The number of rotatable bonds is 3.